The minimum atomic E-state index is -0.473. The SMILES string of the molecule is CN(C(=O)c1cc(F)cc2nccnc12)C1CCNC1. The Balaban J connectivity index is 2.02. The molecule has 2 aromatic rings. The van der Waals surface area contributed by atoms with Crippen LogP contribution in [-0.2, 0) is 0 Å². The van der Waals surface area contributed by atoms with E-state index in [0.717, 1.165) is 19.5 Å². The van der Waals surface area contributed by atoms with E-state index in [-0.39, 0.29) is 17.5 Å². The summed E-state index contributed by atoms with van der Waals surface area (Å²) >= 11 is 0. The first-order chi connectivity index (χ1) is 9.66. The second-order valence-electron chi connectivity index (χ2n) is 4.94. The van der Waals surface area contributed by atoms with Crippen LogP contribution in [0, 0.1) is 5.82 Å². The molecule has 1 aliphatic heterocycles. The van der Waals surface area contributed by atoms with Crippen LogP contribution in [0.4, 0.5) is 4.39 Å². The predicted molar refractivity (Wildman–Crippen MR) is 72.9 cm³/mol. The minimum absolute atomic E-state index is 0.137. The zero-order chi connectivity index (χ0) is 14.1. The summed E-state index contributed by atoms with van der Waals surface area (Å²) in [5.41, 5.74) is 1.10. The number of aromatic nitrogens is 2. The molecule has 1 aromatic heterocycles. The molecule has 1 aromatic carbocycles. The molecule has 1 amide bonds. The van der Waals surface area contributed by atoms with Crippen LogP contribution in [0.15, 0.2) is 24.5 Å². The van der Waals surface area contributed by atoms with Gasteiger partial charge in [-0.25, -0.2) is 4.39 Å². The van der Waals surface area contributed by atoms with Crippen LogP contribution in [0.25, 0.3) is 11.0 Å². The van der Waals surface area contributed by atoms with E-state index in [1.165, 1.54) is 24.5 Å². The van der Waals surface area contributed by atoms with Crippen LogP contribution in [-0.4, -0.2) is 47.0 Å². The molecule has 1 N–H and O–H groups in total. The number of carbonyl (C=O) groups is 1. The minimum Gasteiger partial charge on any atom is -0.337 e. The first-order valence-corrected chi connectivity index (χ1v) is 6.55. The van der Waals surface area contributed by atoms with E-state index in [4.69, 9.17) is 0 Å². The van der Waals surface area contributed by atoms with Crippen LogP contribution < -0.4 is 5.32 Å². The summed E-state index contributed by atoms with van der Waals surface area (Å²) in [6.07, 6.45) is 3.90. The van der Waals surface area contributed by atoms with Crippen molar-refractivity contribution in [1.82, 2.24) is 20.2 Å². The number of hydrogen-bond acceptors (Lipinski definition) is 4. The molecule has 0 spiro atoms. The van der Waals surface area contributed by atoms with E-state index < -0.39 is 5.82 Å². The number of halogens is 1. The molecule has 1 aliphatic rings. The molecule has 3 rings (SSSR count). The molecule has 104 valence electrons. The van der Waals surface area contributed by atoms with E-state index in [1.807, 2.05) is 0 Å². The fraction of sp³-hybridized carbons (Fsp3) is 0.357. The molecule has 1 unspecified atom stereocenters. The van der Waals surface area contributed by atoms with Crippen molar-refractivity contribution in [3.8, 4) is 0 Å². The number of carbonyl (C=O) groups excluding carboxylic acids is 1. The number of likely N-dealkylation sites (N-methyl/N-ethyl adjacent to an activating group) is 1. The Hall–Kier alpha value is -2.08. The molecule has 20 heavy (non-hydrogen) atoms. The molecule has 1 atom stereocenters. The summed E-state index contributed by atoms with van der Waals surface area (Å²) in [6, 6.07) is 2.66. The average Bonchev–Trinajstić information content (AvgIpc) is 2.99. The quantitative estimate of drug-likeness (QED) is 0.894. The molecule has 2 heterocycles. The molecular weight excluding hydrogens is 259 g/mol. The Kier molecular flexibility index (Phi) is 3.31. The number of nitrogens with one attached hydrogen (secondary N) is 1. The van der Waals surface area contributed by atoms with E-state index >= 15 is 0 Å². The zero-order valence-corrected chi connectivity index (χ0v) is 11.1. The van der Waals surface area contributed by atoms with Gasteiger partial charge in [-0.15, -0.1) is 0 Å². The topological polar surface area (TPSA) is 58.1 Å². The number of fused-ring (bicyclic) bond motifs is 1. The van der Waals surface area contributed by atoms with Crippen LogP contribution in [0.3, 0.4) is 0 Å². The number of hydrogen-bond donors (Lipinski definition) is 1. The summed E-state index contributed by atoms with van der Waals surface area (Å²) in [7, 11) is 1.74. The molecule has 0 saturated carbocycles. The number of rotatable bonds is 2. The third-order valence-electron chi connectivity index (χ3n) is 3.67. The highest BCUT2D eigenvalue weighted by Gasteiger charge is 2.26. The molecule has 0 radical (unpaired) electrons. The van der Waals surface area contributed by atoms with Gasteiger partial charge in [-0.2, -0.15) is 0 Å². The molecule has 5 nitrogen and oxygen atoms in total. The zero-order valence-electron chi connectivity index (χ0n) is 11.1. The van der Waals surface area contributed by atoms with Gasteiger partial charge in [-0.05, 0) is 19.0 Å². The van der Waals surface area contributed by atoms with Gasteiger partial charge in [0.2, 0.25) is 0 Å². The summed E-state index contributed by atoms with van der Waals surface area (Å²) in [5, 5.41) is 3.21. The van der Waals surface area contributed by atoms with Crippen LogP contribution in [0.2, 0.25) is 0 Å². The molecule has 1 saturated heterocycles. The number of nitrogens with zero attached hydrogens (tertiary/aromatic N) is 3. The van der Waals surface area contributed by atoms with E-state index in [2.05, 4.69) is 15.3 Å². The average molecular weight is 274 g/mol. The maximum absolute atomic E-state index is 13.6. The Labute approximate surface area is 115 Å². The molecule has 1 fully saturated rings. The van der Waals surface area contributed by atoms with Gasteiger partial charge >= 0.3 is 0 Å². The first kappa shape index (κ1) is 12.9. The fourth-order valence-electron chi connectivity index (χ4n) is 2.53. The van der Waals surface area contributed by atoms with E-state index in [0.29, 0.717) is 11.0 Å². The van der Waals surface area contributed by atoms with Gasteiger partial charge in [0, 0.05) is 38.1 Å². The third kappa shape index (κ3) is 2.22. The lowest BCUT2D eigenvalue weighted by Crippen LogP contribution is -2.38. The lowest BCUT2D eigenvalue weighted by atomic mass is 10.1. The third-order valence-corrected chi connectivity index (χ3v) is 3.67. The summed E-state index contributed by atoms with van der Waals surface area (Å²) < 4.78 is 13.6. The van der Waals surface area contributed by atoms with Crippen molar-refractivity contribution >= 4 is 16.9 Å². The Morgan fingerprint density at radius 1 is 1.40 bits per heavy atom. The number of benzene rings is 1. The highest BCUT2D eigenvalue weighted by Crippen LogP contribution is 2.19. The van der Waals surface area contributed by atoms with Gasteiger partial charge in [-0.3, -0.25) is 14.8 Å². The van der Waals surface area contributed by atoms with E-state index in [1.54, 1.807) is 11.9 Å². The van der Waals surface area contributed by atoms with Crippen LogP contribution in [0.1, 0.15) is 16.8 Å². The number of amides is 1. The fourth-order valence-corrected chi connectivity index (χ4v) is 2.53. The maximum Gasteiger partial charge on any atom is 0.256 e. The maximum atomic E-state index is 13.6. The van der Waals surface area contributed by atoms with Crippen molar-refractivity contribution < 1.29 is 9.18 Å². The monoisotopic (exact) mass is 274 g/mol. The van der Waals surface area contributed by atoms with Crippen molar-refractivity contribution in [1.29, 1.82) is 0 Å². The van der Waals surface area contributed by atoms with Gasteiger partial charge in [0.05, 0.1) is 11.1 Å². The van der Waals surface area contributed by atoms with Crippen molar-refractivity contribution in [2.24, 2.45) is 0 Å². The summed E-state index contributed by atoms with van der Waals surface area (Å²) in [5.74, 6) is -0.692. The summed E-state index contributed by atoms with van der Waals surface area (Å²) in [6.45, 7) is 1.66. The Morgan fingerprint density at radius 3 is 2.95 bits per heavy atom. The smallest absolute Gasteiger partial charge is 0.256 e. The van der Waals surface area contributed by atoms with Gasteiger partial charge in [0.15, 0.2) is 0 Å². The Bertz CT molecular complexity index is 655. The Morgan fingerprint density at radius 2 is 2.20 bits per heavy atom. The lowest BCUT2D eigenvalue weighted by Gasteiger charge is -2.24. The van der Waals surface area contributed by atoms with Gasteiger partial charge in [0.25, 0.3) is 5.91 Å². The molecule has 6 heteroatoms. The van der Waals surface area contributed by atoms with Gasteiger partial charge < -0.3 is 10.2 Å². The molecule has 0 aliphatic carbocycles. The molecular formula is C14H15FN4O. The van der Waals surface area contributed by atoms with E-state index in [9.17, 15) is 9.18 Å². The van der Waals surface area contributed by atoms with Crippen molar-refractivity contribution in [2.75, 3.05) is 20.1 Å². The highest BCUT2D eigenvalue weighted by molar-refractivity contribution is 6.04. The summed E-state index contributed by atoms with van der Waals surface area (Å²) in [4.78, 5) is 22.4. The van der Waals surface area contributed by atoms with Crippen molar-refractivity contribution in [3.05, 3.63) is 35.9 Å². The lowest BCUT2D eigenvalue weighted by molar-refractivity contribution is 0.0745. The second kappa shape index (κ2) is 5.13. The van der Waals surface area contributed by atoms with Gasteiger partial charge in [-0.1, -0.05) is 0 Å². The highest BCUT2D eigenvalue weighted by atomic mass is 19.1. The first-order valence-electron chi connectivity index (χ1n) is 6.55. The standard InChI is InChI=1S/C14H15FN4O/c1-19(10-2-3-16-8-10)14(20)11-6-9(15)7-12-13(11)18-5-4-17-12/h4-7,10,16H,2-3,8H2,1H3. The van der Waals surface area contributed by atoms with Crippen molar-refractivity contribution in [2.45, 2.75) is 12.5 Å². The van der Waals surface area contributed by atoms with Crippen LogP contribution >= 0.6 is 0 Å². The van der Waals surface area contributed by atoms with Gasteiger partial charge in [0.1, 0.15) is 11.3 Å². The predicted octanol–water partition coefficient (Wildman–Crippen LogP) is 1.20. The largest absolute Gasteiger partial charge is 0.337 e. The normalized spacial score (nSPS) is 18.4. The van der Waals surface area contributed by atoms with Crippen LogP contribution in [0.5, 0.6) is 0 Å². The second-order valence-corrected chi connectivity index (χ2v) is 4.94. The van der Waals surface area contributed by atoms with Crippen molar-refractivity contribution in [3.63, 3.8) is 0 Å². The molecule has 0 bridgehead atoms.